The molecule has 0 spiro atoms. The SMILES string of the molecule is CNS(=O)(=O)c1cccc(CNC(=O)CCNC(=O)c2cccs2)c1. The highest BCUT2D eigenvalue weighted by molar-refractivity contribution is 7.89. The Bertz CT molecular complexity index is 833. The van der Waals surface area contributed by atoms with Crippen molar-refractivity contribution in [3.63, 3.8) is 0 Å². The molecule has 0 radical (unpaired) electrons. The molecule has 9 heteroatoms. The molecule has 0 atom stereocenters. The molecule has 1 aromatic heterocycles. The molecule has 7 nitrogen and oxygen atoms in total. The fourth-order valence-electron chi connectivity index (χ4n) is 2.01. The van der Waals surface area contributed by atoms with Gasteiger partial charge in [0.2, 0.25) is 15.9 Å². The Kier molecular flexibility index (Phi) is 6.68. The van der Waals surface area contributed by atoms with Crippen LogP contribution in [0.4, 0.5) is 0 Å². The number of benzene rings is 1. The van der Waals surface area contributed by atoms with Gasteiger partial charge in [0, 0.05) is 19.5 Å². The molecular formula is C16H19N3O4S2. The second-order valence-corrected chi connectivity index (χ2v) is 7.95. The third-order valence-corrected chi connectivity index (χ3v) is 5.63. The van der Waals surface area contributed by atoms with Gasteiger partial charge >= 0.3 is 0 Å². The first-order valence-corrected chi connectivity index (χ1v) is 9.89. The van der Waals surface area contributed by atoms with E-state index in [-0.39, 0.29) is 36.2 Å². The molecule has 134 valence electrons. The van der Waals surface area contributed by atoms with Crippen molar-refractivity contribution >= 4 is 33.2 Å². The second kappa shape index (κ2) is 8.75. The van der Waals surface area contributed by atoms with E-state index in [0.717, 1.165) is 0 Å². The zero-order valence-electron chi connectivity index (χ0n) is 13.6. The van der Waals surface area contributed by atoms with Gasteiger partial charge in [0.1, 0.15) is 0 Å². The van der Waals surface area contributed by atoms with Crippen LogP contribution in [0, 0.1) is 0 Å². The molecule has 2 aromatic rings. The largest absolute Gasteiger partial charge is 0.352 e. The lowest BCUT2D eigenvalue weighted by atomic mass is 10.2. The predicted molar refractivity (Wildman–Crippen MR) is 95.8 cm³/mol. The average Bonchev–Trinajstić information content (AvgIpc) is 3.15. The van der Waals surface area contributed by atoms with Crippen molar-refractivity contribution in [3.05, 3.63) is 52.2 Å². The molecule has 3 N–H and O–H groups in total. The number of thiophene rings is 1. The highest BCUT2D eigenvalue weighted by Crippen LogP contribution is 2.11. The van der Waals surface area contributed by atoms with E-state index in [1.807, 2.05) is 5.38 Å². The first-order valence-electron chi connectivity index (χ1n) is 7.53. The minimum absolute atomic E-state index is 0.143. The van der Waals surface area contributed by atoms with Crippen LogP contribution in [-0.2, 0) is 21.4 Å². The van der Waals surface area contributed by atoms with Crippen LogP contribution in [0.3, 0.4) is 0 Å². The summed E-state index contributed by atoms with van der Waals surface area (Å²) in [7, 11) is -2.17. The van der Waals surface area contributed by atoms with Crippen molar-refractivity contribution < 1.29 is 18.0 Å². The normalized spacial score (nSPS) is 11.1. The summed E-state index contributed by atoms with van der Waals surface area (Å²) < 4.78 is 25.8. The van der Waals surface area contributed by atoms with Gasteiger partial charge in [-0.3, -0.25) is 9.59 Å². The molecule has 0 aliphatic rings. The number of carbonyl (C=O) groups excluding carboxylic acids is 2. The number of hydrogen-bond donors (Lipinski definition) is 3. The lowest BCUT2D eigenvalue weighted by Gasteiger charge is -2.08. The third-order valence-electron chi connectivity index (χ3n) is 3.35. The zero-order valence-corrected chi connectivity index (χ0v) is 15.2. The summed E-state index contributed by atoms with van der Waals surface area (Å²) in [4.78, 5) is 24.3. The van der Waals surface area contributed by atoms with E-state index in [1.54, 1.807) is 24.3 Å². The molecule has 25 heavy (non-hydrogen) atoms. The summed E-state index contributed by atoms with van der Waals surface area (Å²) in [5, 5.41) is 7.18. The highest BCUT2D eigenvalue weighted by Gasteiger charge is 2.12. The number of rotatable bonds is 8. The van der Waals surface area contributed by atoms with Crippen LogP contribution in [0.2, 0.25) is 0 Å². The molecular weight excluding hydrogens is 362 g/mol. The van der Waals surface area contributed by atoms with Crippen molar-refractivity contribution in [2.45, 2.75) is 17.9 Å². The van der Waals surface area contributed by atoms with Crippen LogP contribution in [0.1, 0.15) is 21.7 Å². The van der Waals surface area contributed by atoms with Gasteiger partial charge in [0.05, 0.1) is 9.77 Å². The van der Waals surface area contributed by atoms with Gasteiger partial charge in [-0.05, 0) is 36.2 Å². The van der Waals surface area contributed by atoms with Crippen LogP contribution >= 0.6 is 11.3 Å². The van der Waals surface area contributed by atoms with Crippen molar-refractivity contribution in [2.24, 2.45) is 0 Å². The van der Waals surface area contributed by atoms with Gasteiger partial charge in [-0.15, -0.1) is 11.3 Å². The number of nitrogens with one attached hydrogen (secondary N) is 3. The van der Waals surface area contributed by atoms with E-state index < -0.39 is 10.0 Å². The van der Waals surface area contributed by atoms with Crippen LogP contribution in [0.5, 0.6) is 0 Å². The van der Waals surface area contributed by atoms with Gasteiger partial charge in [0.25, 0.3) is 5.91 Å². The summed E-state index contributed by atoms with van der Waals surface area (Å²) in [5.74, 6) is -0.430. The molecule has 1 heterocycles. The fraction of sp³-hybridized carbons (Fsp3) is 0.250. The molecule has 0 saturated heterocycles. The molecule has 0 aliphatic heterocycles. The summed E-state index contributed by atoms with van der Waals surface area (Å²) in [5.41, 5.74) is 0.673. The Morgan fingerprint density at radius 2 is 1.92 bits per heavy atom. The molecule has 0 aliphatic carbocycles. The van der Waals surface area contributed by atoms with E-state index in [1.165, 1.54) is 30.5 Å². The van der Waals surface area contributed by atoms with Gasteiger partial charge in [0.15, 0.2) is 0 Å². The van der Waals surface area contributed by atoms with Crippen LogP contribution in [-0.4, -0.2) is 33.8 Å². The van der Waals surface area contributed by atoms with Crippen LogP contribution < -0.4 is 15.4 Å². The minimum Gasteiger partial charge on any atom is -0.352 e. The van der Waals surface area contributed by atoms with Gasteiger partial charge in [-0.1, -0.05) is 18.2 Å². The molecule has 1 aromatic carbocycles. The standard InChI is InChI=1S/C16H19N3O4S2/c1-17-25(22,23)13-5-2-4-12(10-13)11-19-15(20)7-8-18-16(21)14-6-3-9-24-14/h2-6,9-10,17H,7-8,11H2,1H3,(H,18,21)(H,19,20). The number of sulfonamides is 1. The third kappa shape index (κ3) is 5.66. The van der Waals surface area contributed by atoms with Gasteiger partial charge < -0.3 is 10.6 Å². The molecule has 0 bridgehead atoms. The van der Waals surface area contributed by atoms with E-state index in [9.17, 15) is 18.0 Å². The molecule has 2 rings (SSSR count). The first-order chi connectivity index (χ1) is 11.9. The predicted octanol–water partition coefficient (Wildman–Crippen LogP) is 1.09. The van der Waals surface area contributed by atoms with Crippen molar-refractivity contribution in [2.75, 3.05) is 13.6 Å². The average molecular weight is 381 g/mol. The fourth-order valence-corrected chi connectivity index (χ4v) is 3.45. The quantitative estimate of drug-likeness (QED) is 0.637. The maximum atomic E-state index is 11.8. The lowest BCUT2D eigenvalue weighted by molar-refractivity contribution is -0.121. The van der Waals surface area contributed by atoms with Crippen LogP contribution in [0.15, 0.2) is 46.7 Å². The topological polar surface area (TPSA) is 104 Å². The minimum atomic E-state index is -3.51. The van der Waals surface area contributed by atoms with Crippen molar-refractivity contribution in [1.29, 1.82) is 0 Å². The maximum absolute atomic E-state index is 11.8. The van der Waals surface area contributed by atoms with Crippen molar-refractivity contribution in [1.82, 2.24) is 15.4 Å². The Labute approximate surface area is 150 Å². The van der Waals surface area contributed by atoms with Crippen molar-refractivity contribution in [3.8, 4) is 0 Å². The summed E-state index contributed by atoms with van der Waals surface area (Å²) in [6.07, 6.45) is 0.144. The summed E-state index contributed by atoms with van der Waals surface area (Å²) in [6, 6.07) is 9.84. The lowest BCUT2D eigenvalue weighted by Crippen LogP contribution is -2.30. The smallest absolute Gasteiger partial charge is 0.261 e. The highest BCUT2D eigenvalue weighted by atomic mass is 32.2. The van der Waals surface area contributed by atoms with E-state index >= 15 is 0 Å². The number of amides is 2. The van der Waals surface area contributed by atoms with Crippen LogP contribution in [0.25, 0.3) is 0 Å². The molecule has 0 unspecified atom stereocenters. The molecule has 2 amide bonds. The summed E-state index contributed by atoms with van der Waals surface area (Å²) >= 11 is 1.34. The Balaban J connectivity index is 1.78. The monoisotopic (exact) mass is 381 g/mol. The van der Waals surface area contributed by atoms with E-state index in [0.29, 0.717) is 10.4 Å². The summed E-state index contributed by atoms with van der Waals surface area (Å²) in [6.45, 7) is 0.446. The van der Waals surface area contributed by atoms with E-state index in [2.05, 4.69) is 15.4 Å². The molecule has 0 fully saturated rings. The maximum Gasteiger partial charge on any atom is 0.261 e. The Morgan fingerprint density at radius 1 is 1.12 bits per heavy atom. The zero-order chi connectivity index (χ0) is 18.3. The van der Waals surface area contributed by atoms with E-state index in [4.69, 9.17) is 0 Å². The first kappa shape index (κ1) is 19.1. The number of carbonyl (C=O) groups is 2. The van der Waals surface area contributed by atoms with Gasteiger partial charge in [-0.25, -0.2) is 13.1 Å². The van der Waals surface area contributed by atoms with Gasteiger partial charge in [-0.2, -0.15) is 0 Å². The molecule has 0 saturated carbocycles. The Hall–Kier alpha value is -2.23. The Morgan fingerprint density at radius 3 is 2.60 bits per heavy atom. The second-order valence-electron chi connectivity index (χ2n) is 5.11. The number of hydrogen-bond acceptors (Lipinski definition) is 5.